The quantitative estimate of drug-likeness (QED) is 0.145. The molecule has 13 heteroatoms. The van der Waals surface area contributed by atoms with Crippen molar-refractivity contribution in [2.24, 2.45) is 17.3 Å². The molecule has 0 saturated carbocycles. The number of aromatic nitrogens is 1. The maximum absolute atomic E-state index is 13.1. The second-order valence-corrected chi connectivity index (χ2v) is 8.38. The van der Waals surface area contributed by atoms with E-state index >= 15 is 0 Å². The third kappa shape index (κ3) is 5.51. The zero-order chi connectivity index (χ0) is 28.3. The van der Waals surface area contributed by atoms with Gasteiger partial charge < -0.3 is 15.0 Å². The monoisotopic (exact) mass is 528 g/mol. The molecule has 0 aliphatic carbocycles. The van der Waals surface area contributed by atoms with Gasteiger partial charge in [0.1, 0.15) is 5.70 Å². The molecule has 0 spiro atoms. The number of non-ortho nitro benzene ring substituents is 2. The summed E-state index contributed by atoms with van der Waals surface area (Å²) in [5.74, 6) is -2.00. The van der Waals surface area contributed by atoms with Gasteiger partial charge in [0.2, 0.25) is 5.88 Å². The number of carbonyl (C=O) groups is 2. The van der Waals surface area contributed by atoms with Gasteiger partial charge in [-0.05, 0) is 48.4 Å². The van der Waals surface area contributed by atoms with Gasteiger partial charge in [-0.3, -0.25) is 29.8 Å². The second-order valence-electron chi connectivity index (χ2n) is 8.38. The number of aromatic hydroxyl groups is 1. The Hall–Kier alpha value is -5.72. The van der Waals surface area contributed by atoms with Gasteiger partial charge >= 0.3 is 5.91 Å². The highest BCUT2D eigenvalue weighted by molar-refractivity contribution is 6.06. The first-order chi connectivity index (χ1) is 18.6. The van der Waals surface area contributed by atoms with Crippen LogP contribution in [0.15, 0.2) is 82.7 Å². The number of benzene rings is 3. The van der Waals surface area contributed by atoms with Crippen molar-refractivity contribution < 1.29 is 24.5 Å². The van der Waals surface area contributed by atoms with Crippen molar-refractivity contribution in [2.75, 3.05) is 0 Å². The van der Waals surface area contributed by atoms with Crippen molar-refractivity contribution in [3.63, 3.8) is 0 Å². The molecule has 196 valence electrons. The maximum atomic E-state index is 13.1. The molecule has 0 atom stereocenters. The van der Waals surface area contributed by atoms with Crippen LogP contribution in [0.25, 0.3) is 17.0 Å². The first-order valence-electron chi connectivity index (χ1n) is 11.3. The van der Waals surface area contributed by atoms with E-state index in [4.69, 9.17) is 0 Å². The molecular formula is C26H20N6O7. The number of nitrogens with one attached hydrogen (secondary N) is 1. The Kier molecular flexibility index (Phi) is 7.24. The first-order valence-corrected chi connectivity index (χ1v) is 11.3. The van der Waals surface area contributed by atoms with E-state index in [0.29, 0.717) is 16.6 Å². The van der Waals surface area contributed by atoms with Crippen LogP contribution in [-0.4, -0.2) is 31.3 Å². The molecule has 0 radical (unpaired) electrons. The number of rotatable bonds is 7. The van der Waals surface area contributed by atoms with Gasteiger partial charge in [0.05, 0.1) is 15.4 Å². The van der Waals surface area contributed by atoms with E-state index in [1.165, 1.54) is 66.2 Å². The van der Waals surface area contributed by atoms with E-state index in [1.807, 2.05) is 0 Å². The van der Waals surface area contributed by atoms with E-state index in [9.17, 15) is 34.9 Å². The van der Waals surface area contributed by atoms with Crippen molar-refractivity contribution in [1.29, 1.82) is 0 Å². The fraction of sp³-hybridized carbons (Fsp3) is 0.0769. The van der Waals surface area contributed by atoms with E-state index in [2.05, 4.69) is 15.5 Å². The number of azo groups is 1. The minimum Gasteiger partial charge on any atom is -0.493 e. The molecule has 13 nitrogen and oxygen atoms in total. The van der Waals surface area contributed by atoms with E-state index in [0.717, 1.165) is 0 Å². The molecule has 0 saturated heterocycles. The summed E-state index contributed by atoms with van der Waals surface area (Å²) in [6.07, 6.45) is 1.27. The van der Waals surface area contributed by atoms with Gasteiger partial charge in [-0.1, -0.05) is 18.2 Å². The van der Waals surface area contributed by atoms with E-state index in [-0.39, 0.29) is 39.6 Å². The SMILES string of the molecule is Cc1cc([N+](=O)[O-])cc2c(N=NC(=O)/C(=C/c3ccc([N+](=O)[O-])cc3)NC(=O)c3ccccc3)c(O)n(C)c12. The molecule has 1 aromatic heterocycles. The van der Waals surface area contributed by atoms with Crippen molar-refractivity contribution in [1.82, 2.24) is 9.88 Å². The molecule has 3 aromatic carbocycles. The summed E-state index contributed by atoms with van der Waals surface area (Å²) in [5, 5.41) is 43.1. The maximum Gasteiger partial charge on any atom is 0.311 e. The normalized spacial score (nSPS) is 11.6. The molecule has 0 fully saturated rings. The summed E-state index contributed by atoms with van der Waals surface area (Å²) in [6.45, 7) is 1.63. The summed E-state index contributed by atoms with van der Waals surface area (Å²) in [6, 6.07) is 15.9. The lowest BCUT2D eigenvalue weighted by Gasteiger charge is -2.07. The summed E-state index contributed by atoms with van der Waals surface area (Å²) in [4.78, 5) is 47.0. The molecule has 0 unspecified atom stereocenters. The second kappa shape index (κ2) is 10.7. The zero-order valence-corrected chi connectivity index (χ0v) is 20.6. The fourth-order valence-electron chi connectivity index (χ4n) is 3.92. The fourth-order valence-corrected chi connectivity index (χ4v) is 3.92. The predicted octanol–water partition coefficient (Wildman–Crippen LogP) is 5.09. The molecule has 1 heterocycles. The summed E-state index contributed by atoms with van der Waals surface area (Å²) in [7, 11) is 1.53. The van der Waals surface area contributed by atoms with Crippen LogP contribution < -0.4 is 5.32 Å². The first kappa shape index (κ1) is 26.3. The molecule has 0 aliphatic rings. The Morgan fingerprint density at radius 1 is 0.974 bits per heavy atom. The van der Waals surface area contributed by atoms with Gasteiger partial charge in [0.25, 0.3) is 17.3 Å². The lowest BCUT2D eigenvalue weighted by molar-refractivity contribution is -0.385. The van der Waals surface area contributed by atoms with Crippen LogP contribution in [0.3, 0.4) is 0 Å². The molecule has 0 aliphatic heterocycles. The van der Waals surface area contributed by atoms with E-state index < -0.39 is 21.7 Å². The number of fused-ring (bicyclic) bond motifs is 1. The highest BCUT2D eigenvalue weighted by Gasteiger charge is 2.21. The molecular weight excluding hydrogens is 508 g/mol. The summed E-state index contributed by atoms with van der Waals surface area (Å²) in [5.41, 5.74) is 0.696. The van der Waals surface area contributed by atoms with Crippen molar-refractivity contribution in [3.8, 4) is 5.88 Å². The van der Waals surface area contributed by atoms with Gasteiger partial charge in [-0.2, -0.15) is 0 Å². The third-order valence-corrected chi connectivity index (χ3v) is 5.79. The van der Waals surface area contributed by atoms with Crippen LogP contribution in [0.4, 0.5) is 17.1 Å². The largest absolute Gasteiger partial charge is 0.493 e. The van der Waals surface area contributed by atoms with Crippen molar-refractivity contribution in [2.45, 2.75) is 6.92 Å². The smallest absolute Gasteiger partial charge is 0.311 e. The van der Waals surface area contributed by atoms with Crippen LogP contribution in [0.1, 0.15) is 21.5 Å². The Labute approximate surface area is 220 Å². The van der Waals surface area contributed by atoms with Crippen LogP contribution in [0.5, 0.6) is 5.88 Å². The third-order valence-electron chi connectivity index (χ3n) is 5.79. The Morgan fingerprint density at radius 3 is 2.23 bits per heavy atom. The number of nitro benzene ring substituents is 2. The molecule has 39 heavy (non-hydrogen) atoms. The molecule has 0 bridgehead atoms. The summed E-state index contributed by atoms with van der Waals surface area (Å²) >= 11 is 0. The van der Waals surface area contributed by atoms with Crippen LogP contribution in [-0.2, 0) is 11.8 Å². The number of carbonyl (C=O) groups excluding carboxylic acids is 2. The molecule has 2 N–H and O–H groups in total. The number of amides is 2. The van der Waals surface area contributed by atoms with Gasteiger partial charge in [-0.25, -0.2) is 0 Å². The van der Waals surface area contributed by atoms with Gasteiger partial charge in [-0.15, -0.1) is 10.2 Å². The number of nitrogens with zero attached hydrogens (tertiary/aromatic N) is 5. The van der Waals surface area contributed by atoms with Crippen LogP contribution >= 0.6 is 0 Å². The van der Waals surface area contributed by atoms with Crippen molar-refractivity contribution in [3.05, 3.63) is 109 Å². The minimum atomic E-state index is -1.00. The minimum absolute atomic E-state index is 0.163. The standard InChI is InChI=1S/C26H20N6O7/c1-15-12-19(32(38)39)14-20-22(26(35)30(2)23(15)20)28-29-25(34)21(27-24(33)17-6-4-3-5-7-17)13-16-8-10-18(11-9-16)31(36)37/h3-14,35H,1-2H3,(H,27,33)/b21-13-,29-28?. The topological polar surface area (TPSA) is 182 Å². The summed E-state index contributed by atoms with van der Waals surface area (Å²) < 4.78 is 1.36. The Morgan fingerprint density at radius 2 is 1.62 bits per heavy atom. The highest BCUT2D eigenvalue weighted by atomic mass is 16.6. The van der Waals surface area contributed by atoms with Crippen LogP contribution in [0.2, 0.25) is 0 Å². The average molecular weight is 528 g/mol. The number of aryl methyl sites for hydroxylation is 2. The lowest BCUT2D eigenvalue weighted by atomic mass is 10.1. The number of hydrogen-bond acceptors (Lipinski definition) is 8. The van der Waals surface area contributed by atoms with E-state index in [1.54, 1.807) is 25.1 Å². The highest BCUT2D eigenvalue weighted by Crippen LogP contribution is 2.41. The number of hydrogen-bond donors (Lipinski definition) is 2. The molecule has 4 rings (SSSR count). The zero-order valence-electron chi connectivity index (χ0n) is 20.6. The average Bonchev–Trinajstić information content (AvgIpc) is 3.16. The van der Waals surface area contributed by atoms with Gasteiger partial charge in [0, 0.05) is 42.3 Å². The lowest BCUT2D eigenvalue weighted by Crippen LogP contribution is -2.26. The number of nitro groups is 2. The van der Waals surface area contributed by atoms with Crippen LogP contribution in [0, 0.1) is 27.2 Å². The Balaban J connectivity index is 1.74. The predicted molar refractivity (Wildman–Crippen MR) is 140 cm³/mol. The Bertz CT molecular complexity index is 1690. The molecule has 4 aromatic rings. The molecule has 2 amide bonds. The van der Waals surface area contributed by atoms with Crippen molar-refractivity contribution >= 4 is 45.9 Å². The van der Waals surface area contributed by atoms with Gasteiger partial charge in [0.15, 0.2) is 5.69 Å².